The highest BCUT2D eigenvalue weighted by molar-refractivity contribution is 5.94. The summed E-state index contributed by atoms with van der Waals surface area (Å²) in [5, 5.41) is 3.36. The van der Waals surface area contributed by atoms with Crippen LogP contribution in [0.25, 0.3) is 0 Å². The van der Waals surface area contributed by atoms with Crippen LogP contribution < -0.4 is 5.32 Å². The molecule has 3 rings (SSSR count). The normalized spacial score (nSPS) is 21.4. The highest BCUT2D eigenvalue weighted by Crippen LogP contribution is 2.31. The number of carbonyl (C=O) groups is 1. The standard InChI is InChI=1S/C17H25N3O3/c1-3-13(2)19-15-10-14(11-18-12-15)16(21)20-6-4-17(5-7-20)22-8-9-23-17/h10-13,19H,3-9H2,1-2H3. The van der Waals surface area contributed by atoms with Crippen LogP contribution in [0.4, 0.5) is 5.69 Å². The minimum absolute atomic E-state index is 0.0261. The fourth-order valence-electron chi connectivity index (χ4n) is 3.04. The van der Waals surface area contributed by atoms with Crippen molar-refractivity contribution in [2.24, 2.45) is 0 Å². The first-order valence-electron chi connectivity index (χ1n) is 8.41. The molecule has 1 unspecified atom stereocenters. The Hall–Kier alpha value is -1.66. The molecule has 1 amide bonds. The Morgan fingerprint density at radius 3 is 2.70 bits per heavy atom. The fourth-order valence-corrected chi connectivity index (χ4v) is 3.04. The third-order valence-electron chi connectivity index (χ3n) is 4.64. The van der Waals surface area contributed by atoms with Gasteiger partial charge in [0, 0.05) is 44.4 Å². The molecule has 0 radical (unpaired) electrons. The van der Waals surface area contributed by atoms with Gasteiger partial charge in [-0.25, -0.2) is 0 Å². The monoisotopic (exact) mass is 319 g/mol. The third-order valence-corrected chi connectivity index (χ3v) is 4.64. The van der Waals surface area contributed by atoms with E-state index in [1.54, 1.807) is 12.4 Å². The molecule has 0 aliphatic carbocycles. The number of carbonyl (C=O) groups excluding carboxylic acids is 1. The van der Waals surface area contributed by atoms with E-state index in [9.17, 15) is 4.79 Å². The minimum atomic E-state index is -0.449. The fraction of sp³-hybridized carbons (Fsp3) is 0.647. The van der Waals surface area contributed by atoms with E-state index in [1.165, 1.54) is 0 Å². The SMILES string of the molecule is CCC(C)Nc1cncc(C(=O)N2CCC3(CC2)OCCO3)c1. The number of rotatable bonds is 4. The van der Waals surface area contributed by atoms with Crippen molar-refractivity contribution in [3.05, 3.63) is 24.0 Å². The summed E-state index contributed by atoms with van der Waals surface area (Å²) >= 11 is 0. The summed E-state index contributed by atoms with van der Waals surface area (Å²) in [6.45, 7) is 6.85. The zero-order valence-corrected chi connectivity index (χ0v) is 13.9. The first-order valence-corrected chi connectivity index (χ1v) is 8.41. The Bertz CT molecular complexity index is 548. The lowest BCUT2D eigenvalue weighted by molar-refractivity contribution is -0.181. The lowest BCUT2D eigenvalue weighted by atomic mass is 10.0. The predicted molar refractivity (Wildman–Crippen MR) is 87.4 cm³/mol. The highest BCUT2D eigenvalue weighted by atomic mass is 16.7. The number of nitrogens with one attached hydrogen (secondary N) is 1. The van der Waals surface area contributed by atoms with Gasteiger partial charge in [0.25, 0.3) is 5.91 Å². The Balaban J connectivity index is 1.63. The van der Waals surface area contributed by atoms with Gasteiger partial charge < -0.3 is 19.7 Å². The van der Waals surface area contributed by atoms with E-state index in [0.29, 0.717) is 37.9 Å². The Morgan fingerprint density at radius 2 is 2.04 bits per heavy atom. The van der Waals surface area contributed by atoms with Crippen molar-refractivity contribution < 1.29 is 14.3 Å². The van der Waals surface area contributed by atoms with Crippen molar-refractivity contribution in [3.63, 3.8) is 0 Å². The van der Waals surface area contributed by atoms with Crippen molar-refractivity contribution in [2.45, 2.75) is 44.9 Å². The summed E-state index contributed by atoms with van der Waals surface area (Å²) in [6, 6.07) is 2.24. The summed E-state index contributed by atoms with van der Waals surface area (Å²) in [5.74, 6) is -0.423. The van der Waals surface area contributed by atoms with Crippen LogP contribution in [-0.2, 0) is 9.47 Å². The van der Waals surface area contributed by atoms with Crippen LogP contribution in [-0.4, -0.2) is 53.9 Å². The Morgan fingerprint density at radius 1 is 1.35 bits per heavy atom. The van der Waals surface area contributed by atoms with E-state index in [0.717, 1.165) is 24.9 Å². The maximum Gasteiger partial charge on any atom is 0.255 e. The number of pyridine rings is 1. The van der Waals surface area contributed by atoms with Gasteiger partial charge in [-0.15, -0.1) is 0 Å². The van der Waals surface area contributed by atoms with Crippen LogP contribution in [0.2, 0.25) is 0 Å². The molecule has 23 heavy (non-hydrogen) atoms. The number of amides is 1. The number of anilines is 1. The number of piperidine rings is 1. The minimum Gasteiger partial charge on any atom is -0.381 e. The molecule has 1 spiro atoms. The second kappa shape index (κ2) is 6.84. The summed E-state index contributed by atoms with van der Waals surface area (Å²) in [4.78, 5) is 18.7. The summed E-state index contributed by atoms with van der Waals surface area (Å²) < 4.78 is 11.4. The van der Waals surface area contributed by atoms with Crippen molar-refractivity contribution >= 4 is 11.6 Å². The summed E-state index contributed by atoms with van der Waals surface area (Å²) in [5.41, 5.74) is 1.52. The van der Waals surface area contributed by atoms with Crippen LogP contribution in [0.3, 0.4) is 0 Å². The smallest absolute Gasteiger partial charge is 0.255 e. The van der Waals surface area contributed by atoms with Crippen LogP contribution in [0.5, 0.6) is 0 Å². The molecule has 126 valence electrons. The number of nitrogens with zero attached hydrogens (tertiary/aromatic N) is 2. The molecule has 0 aromatic carbocycles. The molecule has 1 N–H and O–H groups in total. The molecule has 1 aromatic rings. The van der Waals surface area contributed by atoms with E-state index in [2.05, 4.69) is 24.1 Å². The highest BCUT2D eigenvalue weighted by Gasteiger charge is 2.40. The van der Waals surface area contributed by atoms with Gasteiger partial charge in [0.15, 0.2) is 5.79 Å². The Kier molecular flexibility index (Phi) is 4.82. The van der Waals surface area contributed by atoms with E-state index in [-0.39, 0.29) is 5.91 Å². The maximum atomic E-state index is 12.7. The second-order valence-electron chi connectivity index (χ2n) is 6.32. The molecule has 2 aliphatic heterocycles. The van der Waals surface area contributed by atoms with Gasteiger partial charge in [-0.1, -0.05) is 6.92 Å². The molecule has 0 saturated carbocycles. The van der Waals surface area contributed by atoms with E-state index in [1.807, 2.05) is 11.0 Å². The van der Waals surface area contributed by atoms with Crippen molar-refractivity contribution in [1.82, 2.24) is 9.88 Å². The van der Waals surface area contributed by atoms with E-state index >= 15 is 0 Å². The lowest BCUT2D eigenvalue weighted by Gasteiger charge is -2.37. The average molecular weight is 319 g/mol. The van der Waals surface area contributed by atoms with Crippen LogP contribution >= 0.6 is 0 Å². The number of hydrogen-bond donors (Lipinski definition) is 1. The molecule has 2 aliphatic rings. The molecule has 2 fully saturated rings. The van der Waals surface area contributed by atoms with Gasteiger partial charge in [0.1, 0.15) is 0 Å². The van der Waals surface area contributed by atoms with Crippen LogP contribution in [0.15, 0.2) is 18.5 Å². The predicted octanol–water partition coefficient (Wildman–Crippen LogP) is 2.27. The van der Waals surface area contributed by atoms with Crippen LogP contribution in [0.1, 0.15) is 43.5 Å². The first-order chi connectivity index (χ1) is 11.1. The second-order valence-corrected chi connectivity index (χ2v) is 6.32. The van der Waals surface area contributed by atoms with Crippen molar-refractivity contribution in [2.75, 3.05) is 31.6 Å². The van der Waals surface area contributed by atoms with Gasteiger partial charge in [0.05, 0.1) is 24.5 Å². The van der Waals surface area contributed by atoms with Crippen molar-refractivity contribution in [1.29, 1.82) is 0 Å². The van der Waals surface area contributed by atoms with E-state index in [4.69, 9.17) is 9.47 Å². The number of aromatic nitrogens is 1. The third kappa shape index (κ3) is 3.64. The lowest BCUT2D eigenvalue weighted by Crippen LogP contribution is -2.47. The first kappa shape index (κ1) is 16.2. The Labute approximate surface area is 137 Å². The number of ether oxygens (including phenoxy) is 2. The van der Waals surface area contributed by atoms with Gasteiger partial charge in [0.2, 0.25) is 0 Å². The number of likely N-dealkylation sites (tertiary alicyclic amines) is 1. The van der Waals surface area contributed by atoms with E-state index < -0.39 is 5.79 Å². The maximum absolute atomic E-state index is 12.7. The summed E-state index contributed by atoms with van der Waals surface area (Å²) in [6.07, 6.45) is 5.88. The molecule has 3 heterocycles. The van der Waals surface area contributed by atoms with Gasteiger partial charge in [-0.2, -0.15) is 0 Å². The quantitative estimate of drug-likeness (QED) is 0.922. The molecule has 2 saturated heterocycles. The topological polar surface area (TPSA) is 63.7 Å². The molecular formula is C17H25N3O3. The molecule has 6 heteroatoms. The zero-order chi connectivity index (χ0) is 16.3. The zero-order valence-electron chi connectivity index (χ0n) is 13.9. The van der Waals surface area contributed by atoms with Crippen molar-refractivity contribution in [3.8, 4) is 0 Å². The molecule has 1 aromatic heterocycles. The summed E-state index contributed by atoms with van der Waals surface area (Å²) in [7, 11) is 0. The van der Waals surface area contributed by atoms with Gasteiger partial charge >= 0.3 is 0 Å². The number of hydrogen-bond acceptors (Lipinski definition) is 5. The van der Waals surface area contributed by atoms with Crippen LogP contribution in [0, 0.1) is 0 Å². The largest absolute Gasteiger partial charge is 0.381 e. The average Bonchev–Trinajstić information content (AvgIpc) is 3.03. The molecule has 0 bridgehead atoms. The molecule has 6 nitrogen and oxygen atoms in total. The molecule has 1 atom stereocenters. The molecular weight excluding hydrogens is 294 g/mol. The van der Waals surface area contributed by atoms with Gasteiger partial charge in [-0.3, -0.25) is 9.78 Å². The van der Waals surface area contributed by atoms with Gasteiger partial charge in [-0.05, 0) is 19.4 Å².